The van der Waals surface area contributed by atoms with Crippen molar-refractivity contribution in [3.63, 3.8) is 0 Å². The van der Waals surface area contributed by atoms with E-state index in [2.05, 4.69) is 15.5 Å². The Balaban J connectivity index is 1.43. The Labute approximate surface area is 180 Å². The zero-order valence-corrected chi connectivity index (χ0v) is 17.4. The number of carbonyl (C=O) groups excluding carboxylic acids is 3. The molecule has 4 amide bonds. The van der Waals surface area contributed by atoms with Crippen molar-refractivity contribution in [1.82, 2.24) is 10.2 Å². The monoisotopic (exact) mass is 424 g/mol. The van der Waals surface area contributed by atoms with E-state index in [0.29, 0.717) is 11.3 Å². The van der Waals surface area contributed by atoms with Crippen molar-refractivity contribution in [2.45, 2.75) is 31.7 Å². The predicted molar refractivity (Wildman–Crippen MR) is 115 cm³/mol. The molecule has 8 heteroatoms. The SMILES string of the molecule is CCC1(c2ccc(F)cc2)NC(=O)N(CC(=O)Nc2ccc(N3CCCC3)cc2)C1=O. The van der Waals surface area contributed by atoms with Gasteiger partial charge >= 0.3 is 6.03 Å². The molecule has 162 valence electrons. The van der Waals surface area contributed by atoms with Crippen LogP contribution in [0.25, 0.3) is 0 Å². The number of halogens is 1. The van der Waals surface area contributed by atoms with Crippen LogP contribution in [0.3, 0.4) is 0 Å². The lowest BCUT2D eigenvalue weighted by atomic mass is 9.87. The molecule has 2 aliphatic rings. The summed E-state index contributed by atoms with van der Waals surface area (Å²) in [5, 5.41) is 5.43. The average Bonchev–Trinajstić information content (AvgIpc) is 3.38. The number of benzene rings is 2. The molecule has 1 atom stereocenters. The van der Waals surface area contributed by atoms with E-state index in [1.165, 1.54) is 37.1 Å². The van der Waals surface area contributed by atoms with Gasteiger partial charge in [-0.1, -0.05) is 19.1 Å². The third-order valence-electron chi connectivity index (χ3n) is 5.97. The molecule has 0 spiro atoms. The molecule has 4 rings (SSSR count). The highest BCUT2D eigenvalue weighted by molar-refractivity contribution is 6.10. The zero-order chi connectivity index (χ0) is 22.0. The number of imide groups is 1. The predicted octanol–water partition coefficient (Wildman–Crippen LogP) is 3.22. The Morgan fingerprint density at radius 3 is 2.32 bits per heavy atom. The molecule has 2 saturated heterocycles. The first-order valence-corrected chi connectivity index (χ1v) is 10.5. The van der Waals surface area contributed by atoms with Crippen molar-refractivity contribution >= 4 is 29.2 Å². The molecular formula is C23H25FN4O3. The fraction of sp³-hybridized carbons (Fsp3) is 0.348. The highest BCUT2D eigenvalue weighted by Gasteiger charge is 2.51. The van der Waals surface area contributed by atoms with Gasteiger partial charge in [0, 0.05) is 24.5 Å². The standard InChI is InChI=1S/C23H25FN4O3/c1-2-23(16-5-7-17(24)8-6-16)21(30)28(22(31)26-23)15-20(29)25-18-9-11-19(12-10-18)27-13-3-4-14-27/h5-12H,2-4,13-15H2,1H3,(H,25,29)(H,26,31). The van der Waals surface area contributed by atoms with Gasteiger partial charge in [0.1, 0.15) is 17.9 Å². The maximum Gasteiger partial charge on any atom is 0.325 e. The van der Waals surface area contributed by atoms with E-state index in [4.69, 9.17) is 0 Å². The lowest BCUT2D eigenvalue weighted by Crippen LogP contribution is -2.44. The maximum atomic E-state index is 13.3. The van der Waals surface area contributed by atoms with Crippen LogP contribution in [0.4, 0.5) is 20.6 Å². The minimum atomic E-state index is -1.30. The van der Waals surface area contributed by atoms with E-state index in [1.807, 2.05) is 24.3 Å². The van der Waals surface area contributed by atoms with E-state index in [9.17, 15) is 18.8 Å². The maximum absolute atomic E-state index is 13.3. The number of hydrogen-bond donors (Lipinski definition) is 2. The van der Waals surface area contributed by atoms with Crippen molar-refractivity contribution in [3.05, 3.63) is 59.9 Å². The first-order valence-electron chi connectivity index (χ1n) is 10.5. The molecule has 2 fully saturated rings. The van der Waals surface area contributed by atoms with Gasteiger partial charge in [-0.15, -0.1) is 0 Å². The summed E-state index contributed by atoms with van der Waals surface area (Å²) in [5.74, 6) is -1.42. The van der Waals surface area contributed by atoms with E-state index >= 15 is 0 Å². The Morgan fingerprint density at radius 1 is 1.06 bits per heavy atom. The van der Waals surface area contributed by atoms with Crippen molar-refractivity contribution in [1.29, 1.82) is 0 Å². The van der Waals surface area contributed by atoms with Gasteiger partial charge in [0.2, 0.25) is 5.91 Å². The van der Waals surface area contributed by atoms with Crippen molar-refractivity contribution in [2.75, 3.05) is 29.9 Å². The molecule has 2 aromatic carbocycles. The minimum Gasteiger partial charge on any atom is -0.372 e. The molecule has 0 bridgehead atoms. The number of carbonyl (C=O) groups is 3. The zero-order valence-electron chi connectivity index (χ0n) is 17.4. The second-order valence-electron chi connectivity index (χ2n) is 7.88. The average molecular weight is 424 g/mol. The van der Waals surface area contributed by atoms with Crippen LogP contribution < -0.4 is 15.5 Å². The summed E-state index contributed by atoms with van der Waals surface area (Å²) in [6, 6.07) is 12.3. The number of urea groups is 1. The number of rotatable bonds is 6. The van der Waals surface area contributed by atoms with E-state index in [-0.39, 0.29) is 6.42 Å². The van der Waals surface area contributed by atoms with Crippen LogP contribution in [0.5, 0.6) is 0 Å². The first-order chi connectivity index (χ1) is 14.9. The number of nitrogens with one attached hydrogen (secondary N) is 2. The van der Waals surface area contributed by atoms with Crippen LogP contribution in [0.2, 0.25) is 0 Å². The van der Waals surface area contributed by atoms with Crippen LogP contribution in [0, 0.1) is 5.82 Å². The highest BCUT2D eigenvalue weighted by atomic mass is 19.1. The summed E-state index contributed by atoms with van der Waals surface area (Å²) in [7, 11) is 0. The number of nitrogens with zero attached hydrogens (tertiary/aromatic N) is 2. The molecule has 1 unspecified atom stereocenters. The Bertz CT molecular complexity index is 987. The number of hydrogen-bond acceptors (Lipinski definition) is 4. The Morgan fingerprint density at radius 2 is 1.71 bits per heavy atom. The second kappa shape index (κ2) is 8.37. The van der Waals surface area contributed by atoms with Gasteiger partial charge in [0.05, 0.1) is 0 Å². The van der Waals surface area contributed by atoms with Crippen LogP contribution in [0.1, 0.15) is 31.7 Å². The fourth-order valence-corrected chi connectivity index (χ4v) is 4.22. The van der Waals surface area contributed by atoms with E-state index in [1.54, 1.807) is 6.92 Å². The van der Waals surface area contributed by atoms with Gasteiger partial charge < -0.3 is 15.5 Å². The molecule has 31 heavy (non-hydrogen) atoms. The summed E-state index contributed by atoms with van der Waals surface area (Å²) in [6.45, 7) is 3.42. The first kappa shape index (κ1) is 20.8. The third kappa shape index (κ3) is 3.97. The van der Waals surface area contributed by atoms with Crippen molar-refractivity contribution in [2.24, 2.45) is 0 Å². The van der Waals surface area contributed by atoms with Gasteiger partial charge in [-0.25, -0.2) is 9.18 Å². The molecule has 0 aliphatic carbocycles. The van der Waals surface area contributed by atoms with Crippen molar-refractivity contribution < 1.29 is 18.8 Å². The molecule has 2 N–H and O–H groups in total. The number of amides is 4. The molecule has 2 aromatic rings. The largest absolute Gasteiger partial charge is 0.372 e. The molecule has 2 aliphatic heterocycles. The van der Waals surface area contributed by atoms with E-state index < -0.39 is 35.7 Å². The Kier molecular flexibility index (Phi) is 5.63. The summed E-state index contributed by atoms with van der Waals surface area (Å²) < 4.78 is 13.3. The molecule has 0 aromatic heterocycles. The lowest BCUT2D eigenvalue weighted by molar-refractivity contribution is -0.134. The van der Waals surface area contributed by atoms with Gasteiger partial charge in [0.15, 0.2) is 0 Å². The van der Waals surface area contributed by atoms with Gasteiger partial charge in [-0.3, -0.25) is 14.5 Å². The molecule has 0 radical (unpaired) electrons. The Hall–Kier alpha value is -3.42. The smallest absolute Gasteiger partial charge is 0.325 e. The summed E-state index contributed by atoms with van der Waals surface area (Å²) in [6.07, 6.45) is 2.64. The minimum absolute atomic E-state index is 0.277. The molecular weight excluding hydrogens is 399 g/mol. The van der Waals surface area contributed by atoms with Crippen molar-refractivity contribution in [3.8, 4) is 0 Å². The summed E-state index contributed by atoms with van der Waals surface area (Å²) in [4.78, 5) is 41.3. The summed E-state index contributed by atoms with van der Waals surface area (Å²) in [5.41, 5.74) is 0.884. The van der Waals surface area contributed by atoms with Crippen LogP contribution in [-0.2, 0) is 15.1 Å². The number of anilines is 2. The van der Waals surface area contributed by atoms with Crippen LogP contribution >= 0.6 is 0 Å². The molecule has 7 nitrogen and oxygen atoms in total. The fourth-order valence-electron chi connectivity index (χ4n) is 4.22. The van der Waals surface area contributed by atoms with E-state index in [0.717, 1.165) is 23.7 Å². The quantitative estimate of drug-likeness (QED) is 0.698. The van der Waals surface area contributed by atoms with Gasteiger partial charge in [-0.2, -0.15) is 0 Å². The topological polar surface area (TPSA) is 81.8 Å². The molecule has 0 saturated carbocycles. The van der Waals surface area contributed by atoms with Crippen LogP contribution in [0.15, 0.2) is 48.5 Å². The van der Waals surface area contributed by atoms with Gasteiger partial charge in [0.25, 0.3) is 5.91 Å². The van der Waals surface area contributed by atoms with Crippen LogP contribution in [-0.4, -0.2) is 42.4 Å². The third-order valence-corrected chi connectivity index (χ3v) is 5.97. The van der Waals surface area contributed by atoms with Gasteiger partial charge in [-0.05, 0) is 61.2 Å². The highest BCUT2D eigenvalue weighted by Crippen LogP contribution is 2.32. The lowest BCUT2D eigenvalue weighted by Gasteiger charge is -2.25. The molecule has 2 heterocycles. The second-order valence-corrected chi connectivity index (χ2v) is 7.88. The summed E-state index contributed by atoms with van der Waals surface area (Å²) >= 11 is 0. The normalized spacial score (nSPS) is 20.8.